The highest BCUT2D eigenvalue weighted by atomic mass is 79.9. The quantitative estimate of drug-likeness (QED) is 0.287. The molecule has 2 aromatic rings. The molecule has 0 spiro atoms. The third kappa shape index (κ3) is 8.73. The van der Waals surface area contributed by atoms with Crippen molar-refractivity contribution in [3.63, 3.8) is 0 Å². The van der Waals surface area contributed by atoms with Crippen LogP contribution in [0.25, 0.3) is 0 Å². The van der Waals surface area contributed by atoms with Crippen LogP contribution in [0, 0.1) is 0 Å². The van der Waals surface area contributed by atoms with Crippen molar-refractivity contribution in [1.29, 1.82) is 0 Å². The lowest BCUT2D eigenvalue weighted by atomic mass is 9.93. The molecule has 2 heterocycles. The molecule has 0 unspecified atom stereocenters. The van der Waals surface area contributed by atoms with Gasteiger partial charge in [-0.15, -0.1) is 0 Å². The lowest BCUT2D eigenvalue weighted by molar-refractivity contribution is -0.348. The van der Waals surface area contributed by atoms with Gasteiger partial charge in [-0.2, -0.15) is 52.7 Å². The first-order chi connectivity index (χ1) is 22.0. The van der Waals surface area contributed by atoms with Crippen LogP contribution >= 0.6 is 15.9 Å². The standard InChI is InChI=1S/C24H16BrF12N5O5S/c25-11-8-10(21(28,23(32,33)34)24(35,36)37)9-13(47-20(26)27)15(11)40-16(43)12-2-1-3-14(38-12)39-17(44)18(45)42-4-6-48(7-5-42)41-19(46)22(29,30)31/h1-3,8-9,20H,4-7H2,(H,40,43)(H,38,39,44). The van der Waals surface area contributed by atoms with Crippen molar-refractivity contribution >= 4 is 61.8 Å². The molecule has 1 aliphatic rings. The van der Waals surface area contributed by atoms with Crippen molar-refractivity contribution in [2.45, 2.75) is 30.8 Å². The van der Waals surface area contributed by atoms with Gasteiger partial charge in [0, 0.05) is 34.6 Å². The zero-order valence-corrected chi connectivity index (χ0v) is 25.4. The van der Waals surface area contributed by atoms with Crippen LogP contribution in [0.2, 0.25) is 0 Å². The maximum Gasteiger partial charge on any atom is 0.474 e. The van der Waals surface area contributed by atoms with E-state index in [1.807, 2.05) is 10.6 Å². The summed E-state index contributed by atoms with van der Waals surface area (Å²) in [6.07, 6.45) is -18.4. The van der Waals surface area contributed by atoms with Crippen LogP contribution in [0.5, 0.6) is 5.75 Å². The zero-order chi connectivity index (χ0) is 36.4. The van der Waals surface area contributed by atoms with Crippen LogP contribution < -0.4 is 15.4 Å². The molecule has 1 aromatic heterocycles. The minimum atomic E-state index is -6.61. The largest absolute Gasteiger partial charge is 0.474 e. The van der Waals surface area contributed by atoms with Crippen molar-refractivity contribution in [2.24, 2.45) is 4.36 Å². The van der Waals surface area contributed by atoms with Crippen LogP contribution in [0.15, 0.2) is 39.2 Å². The summed E-state index contributed by atoms with van der Waals surface area (Å²) in [6, 6.07) is 2.67. The molecule has 0 atom stereocenters. The fourth-order valence-corrected chi connectivity index (χ4v) is 5.94. The Kier molecular flexibility index (Phi) is 11.4. The molecule has 24 heteroatoms. The van der Waals surface area contributed by atoms with E-state index in [0.717, 1.165) is 23.1 Å². The summed E-state index contributed by atoms with van der Waals surface area (Å²) in [7, 11) is -1.36. The van der Waals surface area contributed by atoms with Gasteiger partial charge in [0.15, 0.2) is 5.75 Å². The van der Waals surface area contributed by atoms with E-state index in [-0.39, 0.29) is 36.7 Å². The van der Waals surface area contributed by atoms with E-state index in [2.05, 4.69) is 30.0 Å². The van der Waals surface area contributed by atoms with Gasteiger partial charge in [0.2, 0.25) is 0 Å². The second-order valence-corrected chi connectivity index (χ2v) is 12.0. The number of nitrogens with one attached hydrogen (secondary N) is 2. The number of halogens is 13. The summed E-state index contributed by atoms with van der Waals surface area (Å²) in [6.45, 7) is -4.37. The van der Waals surface area contributed by atoms with E-state index in [4.69, 9.17) is 0 Å². The molecule has 10 nitrogen and oxygen atoms in total. The average molecular weight is 794 g/mol. The number of aromatic nitrogens is 1. The van der Waals surface area contributed by atoms with Crippen LogP contribution in [0.4, 0.5) is 64.2 Å². The third-order valence-electron chi connectivity index (χ3n) is 6.04. The Morgan fingerprint density at radius 2 is 1.50 bits per heavy atom. The Balaban J connectivity index is 1.79. The monoisotopic (exact) mass is 793 g/mol. The number of hydrogen-bond acceptors (Lipinski definition) is 6. The average Bonchev–Trinajstić information content (AvgIpc) is 2.96. The molecule has 0 bridgehead atoms. The Labute approximate surface area is 270 Å². The first-order valence-corrected chi connectivity index (χ1v) is 14.8. The van der Waals surface area contributed by atoms with Gasteiger partial charge in [0.25, 0.3) is 5.91 Å². The van der Waals surface area contributed by atoms with Gasteiger partial charge in [0.05, 0.1) is 5.69 Å². The second kappa shape index (κ2) is 14.3. The van der Waals surface area contributed by atoms with Crippen molar-refractivity contribution in [3.8, 4) is 5.75 Å². The number of carbonyl (C=O) groups is 4. The molecule has 1 aromatic carbocycles. The Morgan fingerprint density at radius 1 is 0.917 bits per heavy atom. The molecule has 48 heavy (non-hydrogen) atoms. The molecule has 1 aliphatic heterocycles. The number of anilines is 2. The van der Waals surface area contributed by atoms with E-state index in [9.17, 15) is 71.9 Å². The topological polar surface area (TPSA) is 130 Å². The molecule has 1 saturated heterocycles. The molecular formula is C24H16BrF12N5O5S. The fourth-order valence-electron chi connectivity index (χ4n) is 3.81. The predicted molar refractivity (Wildman–Crippen MR) is 144 cm³/mol. The van der Waals surface area contributed by atoms with Gasteiger partial charge in [-0.3, -0.25) is 19.2 Å². The number of benzene rings is 1. The van der Waals surface area contributed by atoms with Gasteiger partial charge >= 0.3 is 48.5 Å². The van der Waals surface area contributed by atoms with E-state index >= 15 is 0 Å². The number of pyridine rings is 1. The molecule has 2 N–H and O–H groups in total. The van der Waals surface area contributed by atoms with Crippen molar-refractivity contribution in [1.82, 2.24) is 9.88 Å². The van der Waals surface area contributed by atoms with Gasteiger partial charge in [-0.25, -0.2) is 9.37 Å². The van der Waals surface area contributed by atoms with Crippen LogP contribution in [0.3, 0.4) is 0 Å². The van der Waals surface area contributed by atoms with Crippen LogP contribution in [-0.2, 0) is 30.7 Å². The minimum absolute atomic E-state index is 0.0732. The fraction of sp³-hybridized carbons (Fsp3) is 0.375. The third-order valence-corrected chi connectivity index (χ3v) is 8.40. The second-order valence-electron chi connectivity index (χ2n) is 9.24. The van der Waals surface area contributed by atoms with Gasteiger partial charge in [-0.1, -0.05) is 16.8 Å². The minimum Gasteiger partial charge on any atom is -0.433 e. The first kappa shape index (κ1) is 38.5. The SMILES string of the molecule is O=C(Nc1cccc(C(=O)Nc2c(Br)cc(C(F)(C(F)(F)F)C(F)(F)F)cc2OC(F)F)n1)C(=O)N1CCS(=NC(=O)C(F)(F)F)CC1. The molecule has 0 radical (unpaired) electrons. The molecule has 0 aliphatic carbocycles. The van der Waals surface area contributed by atoms with Crippen LogP contribution in [0.1, 0.15) is 16.1 Å². The highest BCUT2D eigenvalue weighted by molar-refractivity contribution is 9.10. The Morgan fingerprint density at radius 3 is 2.02 bits per heavy atom. The summed E-state index contributed by atoms with van der Waals surface area (Å²) in [5.74, 6) is -8.47. The number of amides is 4. The summed E-state index contributed by atoms with van der Waals surface area (Å²) >= 11 is 2.51. The summed E-state index contributed by atoms with van der Waals surface area (Å²) < 4.78 is 163. The van der Waals surface area contributed by atoms with E-state index in [1.54, 1.807) is 0 Å². The maximum atomic E-state index is 14.6. The Hall–Kier alpha value is -3.96. The number of alkyl halides is 12. The normalized spacial score (nSPS) is 14.8. The van der Waals surface area contributed by atoms with Crippen LogP contribution in [-0.4, -0.2) is 83.2 Å². The van der Waals surface area contributed by atoms with Crippen molar-refractivity contribution in [2.75, 3.05) is 35.2 Å². The molecule has 264 valence electrons. The van der Waals surface area contributed by atoms with Gasteiger partial charge in [-0.05, 0) is 40.2 Å². The first-order valence-electron chi connectivity index (χ1n) is 12.5. The maximum absolute atomic E-state index is 14.6. The number of rotatable bonds is 6. The highest BCUT2D eigenvalue weighted by Gasteiger charge is 2.73. The molecule has 0 saturated carbocycles. The van der Waals surface area contributed by atoms with Crippen molar-refractivity contribution in [3.05, 3.63) is 46.1 Å². The summed E-state index contributed by atoms with van der Waals surface area (Å²) in [4.78, 5) is 53.5. The smallest absolute Gasteiger partial charge is 0.433 e. The lowest BCUT2D eigenvalue weighted by Crippen LogP contribution is -2.50. The summed E-state index contributed by atoms with van der Waals surface area (Å²) in [5, 5.41) is 3.89. The number of nitrogens with zero attached hydrogens (tertiary/aromatic N) is 3. The molecule has 3 rings (SSSR count). The molecule has 4 amide bonds. The highest BCUT2D eigenvalue weighted by Crippen LogP contribution is 2.55. The molecular weight excluding hydrogens is 778 g/mol. The van der Waals surface area contributed by atoms with E-state index in [1.165, 1.54) is 0 Å². The van der Waals surface area contributed by atoms with E-state index in [0.29, 0.717) is 0 Å². The predicted octanol–water partition coefficient (Wildman–Crippen LogP) is 5.66. The van der Waals surface area contributed by atoms with Gasteiger partial charge < -0.3 is 20.3 Å². The lowest BCUT2D eigenvalue weighted by Gasteiger charge is -2.31. The summed E-state index contributed by atoms with van der Waals surface area (Å²) in [5.41, 5.74) is -9.91. The molecule has 1 fully saturated rings. The Bertz CT molecular complexity index is 1610. The number of ether oxygens (including phenoxy) is 1. The van der Waals surface area contributed by atoms with Crippen molar-refractivity contribution < 1.29 is 76.6 Å². The zero-order valence-electron chi connectivity index (χ0n) is 23.0. The number of carbonyl (C=O) groups excluding carboxylic acids is 4. The number of hydrogen-bond donors (Lipinski definition) is 2. The van der Waals surface area contributed by atoms with E-state index < -0.39 is 98.1 Å². The van der Waals surface area contributed by atoms with Gasteiger partial charge in [0.1, 0.15) is 11.5 Å².